The molecule has 0 aliphatic rings. The zero-order chi connectivity index (χ0) is 15.4. The van der Waals surface area contributed by atoms with E-state index in [4.69, 9.17) is 9.47 Å². The highest BCUT2D eigenvalue weighted by Gasteiger charge is 2.11. The molecule has 3 aromatic carbocycles. The second-order valence-electron chi connectivity index (χ2n) is 5.45. The number of ether oxygens (including phenoxy) is 2. The van der Waals surface area contributed by atoms with Crippen molar-refractivity contribution in [3.8, 4) is 11.5 Å². The SMILES string of the molecule is CCCCOc1ccc2cc3ccccc3cc2c1OCC. The fraction of sp³-hybridized carbons (Fsp3) is 0.300. The molecule has 0 saturated carbocycles. The second kappa shape index (κ2) is 6.69. The molecule has 3 aromatic rings. The van der Waals surface area contributed by atoms with Crippen molar-refractivity contribution in [2.45, 2.75) is 26.7 Å². The topological polar surface area (TPSA) is 18.5 Å². The largest absolute Gasteiger partial charge is 0.490 e. The summed E-state index contributed by atoms with van der Waals surface area (Å²) in [6.45, 7) is 5.54. The van der Waals surface area contributed by atoms with E-state index in [1.807, 2.05) is 13.0 Å². The van der Waals surface area contributed by atoms with Gasteiger partial charge in [0.1, 0.15) is 0 Å². The molecule has 0 unspecified atom stereocenters. The van der Waals surface area contributed by atoms with Crippen molar-refractivity contribution in [1.29, 1.82) is 0 Å². The van der Waals surface area contributed by atoms with Crippen molar-refractivity contribution in [2.24, 2.45) is 0 Å². The van der Waals surface area contributed by atoms with Gasteiger partial charge >= 0.3 is 0 Å². The number of hydrogen-bond donors (Lipinski definition) is 0. The van der Waals surface area contributed by atoms with Crippen LogP contribution < -0.4 is 9.47 Å². The number of benzene rings is 3. The van der Waals surface area contributed by atoms with Crippen molar-refractivity contribution in [1.82, 2.24) is 0 Å². The van der Waals surface area contributed by atoms with Crippen molar-refractivity contribution >= 4 is 21.5 Å². The van der Waals surface area contributed by atoms with Gasteiger partial charge in [-0.25, -0.2) is 0 Å². The van der Waals surface area contributed by atoms with E-state index in [0.29, 0.717) is 6.61 Å². The van der Waals surface area contributed by atoms with Crippen LogP contribution in [-0.4, -0.2) is 13.2 Å². The quantitative estimate of drug-likeness (QED) is 0.437. The van der Waals surface area contributed by atoms with E-state index >= 15 is 0 Å². The molecule has 0 radical (unpaired) electrons. The van der Waals surface area contributed by atoms with E-state index in [9.17, 15) is 0 Å². The van der Waals surface area contributed by atoms with Crippen LogP contribution in [0.3, 0.4) is 0 Å². The van der Waals surface area contributed by atoms with Gasteiger partial charge in [-0.3, -0.25) is 0 Å². The Kier molecular flexibility index (Phi) is 4.47. The molecular weight excluding hydrogens is 272 g/mol. The molecular formula is C20H22O2. The highest BCUT2D eigenvalue weighted by molar-refractivity contribution is 6.01. The molecule has 0 saturated heterocycles. The molecule has 0 amide bonds. The normalized spacial score (nSPS) is 11.0. The van der Waals surface area contributed by atoms with Gasteiger partial charge in [-0.05, 0) is 47.7 Å². The van der Waals surface area contributed by atoms with E-state index in [1.165, 1.54) is 16.2 Å². The second-order valence-corrected chi connectivity index (χ2v) is 5.45. The fourth-order valence-electron chi connectivity index (χ4n) is 2.70. The Hall–Kier alpha value is -2.22. The number of hydrogen-bond acceptors (Lipinski definition) is 2. The van der Waals surface area contributed by atoms with Crippen LogP contribution in [0.5, 0.6) is 11.5 Å². The maximum atomic E-state index is 5.93. The third-order valence-corrected chi connectivity index (χ3v) is 3.84. The van der Waals surface area contributed by atoms with Gasteiger partial charge in [0.05, 0.1) is 13.2 Å². The predicted molar refractivity (Wildman–Crippen MR) is 93.0 cm³/mol. The Labute approximate surface area is 131 Å². The first-order chi connectivity index (χ1) is 10.8. The molecule has 0 fully saturated rings. The minimum Gasteiger partial charge on any atom is -0.490 e. The van der Waals surface area contributed by atoms with Crippen molar-refractivity contribution < 1.29 is 9.47 Å². The van der Waals surface area contributed by atoms with Gasteiger partial charge in [-0.15, -0.1) is 0 Å². The molecule has 0 heterocycles. The van der Waals surface area contributed by atoms with Crippen LogP contribution >= 0.6 is 0 Å². The maximum absolute atomic E-state index is 5.93. The van der Waals surface area contributed by atoms with Crippen LogP contribution in [0.2, 0.25) is 0 Å². The smallest absolute Gasteiger partial charge is 0.168 e. The summed E-state index contributed by atoms with van der Waals surface area (Å²) in [4.78, 5) is 0. The molecule has 0 atom stereocenters. The van der Waals surface area contributed by atoms with Crippen LogP contribution in [0.1, 0.15) is 26.7 Å². The van der Waals surface area contributed by atoms with Crippen LogP contribution in [0.4, 0.5) is 0 Å². The Morgan fingerprint density at radius 3 is 2.32 bits per heavy atom. The standard InChI is InChI=1S/C20H22O2/c1-3-5-12-22-19-11-10-17-13-15-8-6-7-9-16(15)14-18(17)20(19)21-4-2/h6-11,13-14H,3-5,12H2,1-2H3. The summed E-state index contributed by atoms with van der Waals surface area (Å²) in [5.74, 6) is 1.71. The Bertz CT molecular complexity index is 777. The predicted octanol–water partition coefficient (Wildman–Crippen LogP) is 5.57. The van der Waals surface area contributed by atoms with Crippen molar-refractivity contribution in [2.75, 3.05) is 13.2 Å². The molecule has 0 aromatic heterocycles. The molecule has 0 bridgehead atoms. The van der Waals surface area contributed by atoms with Crippen molar-refractivity contribution in [3.63, 3.8) is 0 Å². The number of unbranched alkanes of at least 4 members (excludes halogenated alkanes) is 1. The minimum atomic E-state index is 0.635. The van der Waals surface area contributed by atoms with Crippen LogP contribution in [0.25, 0.3) is 21.5 Å². The molecule has 114 valence electrons. The van der Waals surface area contributed by atoms with Crippen LogP contribution in [0, 0.1) is 0 Å². The number of rotatable bonds is 6. The Morgan fingerprint density at radius 1 is 0.818 bits per heavy atom. The summed E-state index contributed by atoms with van der Waals surface area (Å²) < 4.78 is 11.8. The molecule has 0 N–H and O–H groups in total. The average molecular weight is 294 g/mol. The molecule has 22 heavy (non-hydrogen) atoms. The summed E-state index contributed by atoms with van der Waals surface area (Å²) in [6, 6.07) is 17.0. The van der Waals surface area contributed by atoms with Crippen LogP contribution in [0.15, 0.2) is 48.5 Å². The maximum Gasteiger partial charge on any atom is 0.168 e. The van der Waals surface area contributed by atoms with Gasteiger partial charge in [0, 0.05) is 5.39 Å². The lowest BCUT2D eigenvalue weighted by Gasteiger charge is -2.15. The molecule has 0 aliphatic heterocycles. The van der Waals surface area contributed by atoms with Gasteiger partial charge in [0.15, 0.2) is 11.5 Å². The zero-order valence-electron chi connectivity index (χ0n) is 13.3. The van der Waals surface area contributed by atoms with Gasteiger partial charge in [0.2, 0.25) is 0 Å². The third kappa shape index (κ3) is 2.87. The first-order valence-electron chi connectivity index (χ1n) is 8.04. The average Bonchev–Trinajstić information content (AvgIpc) is 2.55. The molecule has 3 rings (SSSR count). The van der Waals surface area contributed by atoms with Gasteiger partial charge in [-0.2, -0.15) is 0 Å². The van der Waals surface area contributed by atoms with Gasteiger partial charge in [0.25, 0.3) is 0 Å². The van der Waals surface area contributed by atoms with E-state index in [0.717, 1.165) is 36.3 Å². The monoisotopic (exact) mass is 294 g/mol. The van der Waals surface area contributed by atoms with E-state index in [-0.39, 0.29) is 0 Å². The Morgan fingerprint density at radius 2 is 1.59 bits per heavy atom. The lowest BCUT2D eigenvalue weighted by Crippen LogP contribution is -2.01. The highest BCUT2D eigenvalue weighted by Crippen LogP contribution is 2.37. The molecule has 2 nitrogen and oxygen atoms in total. The minimum absolute atomic E-state index is 0.635. The van der Waals surface area contributed by atoms with E-state index < -0.39 is 0 Å². The molecule has 0 spiro atoms. The lowest BCUT2D eigenvalue weighted by molar-refractivity contribution is 0.275. The van der Waals surface area contributed by atoms with Crippen molar-refractivity contribution in [3.05, 3.63) is 48.5 Å². The lowest BCUT2D eigenvalue weighted by atomic mass is 10.0. The number of fused-ring (bicyclic) bond motifs is 2. The Balaban J connectivity index is 2.12. The highest BCUT2D eigenvalue weighted by atomic mass is 16.5. The van der Waals surface area contributed by atoms with E-state index in [1.54, 1.807) is 0 Å². The third-order valence-electron chi connectivity index (χ3n) is 3.84. The summed E-state index contributed by atoms with van der Waals surface area (Å²) in [5, 5.41) is 4.78. The van der Waals surface area contributed by atoms with Gasteiger partial charge in [-0.1, -0.05) is 43.7 Å². The first-order valence-corrected chi connectivity index (χ1v) is 8.04. The summed E-state index contributed by atoms with van der Waals surface area (Å²) >= 11 is 0. The van der Waals surface area contributed by atoms with Crippen LogP contribution in [-0.2, 0) is 0 Å². The molecule has 0 aliphatic carbocycles. The van der Waals surface area contributed by atoms with Gasteiger partial charge < -0.3 is 9.47 Å². The summed E-state index contributed by atoms with van der Waals surface area (Å²) in [7, 11) is 0. The zero-order valence-corrected chi connectivity index (χ0v) is 13.3. The summed E-state index contributed by atoms with van der Waals surface area (Å²) in [5.41, 5.74) is 0. The summed E-state index contributed by atoms with van der Waals surface area (Å²) in [6.07, 6.45) is 2.18. The molecule has 2 heteroatoms. The van der Waals surface area contributed by atoms with E-state index in [2.05, 4.69) is 49.4 Å². The fourth-order valence-corrected chi connectivity index (χ4v) is 2.70. The first kappa shape index (κ1) is 14.7.